The molecule has 8 heteroatoms. The van der Waals surface area contributed by atoms with Crippen LogP contribution in [0.1, 0.15) is 65.4 Å². The van der Waals surface area contributed by atoms with Gasteiger partial charge in [0.25, 0.3) is 5.91 Å². The van der Waals surface area contributed by atoms with Crippen molar-refractivity contribution in [1.82, 2.24) is 20.4 Å². The molecule has 3 heterocycles. The van der Waals surface area contributed by atoms with Crippen LogP contribution in [0.4, 0.5) is 0 Å². The molecule has 0 saturated heterocycles. The van der Waals surface area contributed by atoms with E-state index in [-0.39, 0.29) is 19.1 Å². The van der Waals surface area contributed by atoms with Crippen LogP contribution < -0.4 is 10.1 Å². The second kappa shape index (κ2) is 10.4. The SMILES string of the molecule is Cc1onc(-c2ccc(C3CC3)nc2)c1COc1ccc(C(=O)NCCCCCO)cn1. The van der Waals surface area contributed by atoms with E-state index in [1.54, 1.807) is 12.1 Å². The molecule has 1 amide bonds. The van der Waals surface area contributed by atoms with Gasteiger partial charge in [0.2, 0.25) is 5.88 Å². The number of aliphatic hydroxyl groups excluding tert-OH is 1. The third kappa shape index (κ3) is 5.50. The first-order valence-corrected chi connectivity index (χ1v) is 11.0. The van der Waals surface area contributed by atoms with Gasteiger partial charge in [-0.15, -0.1) is 0 Å². The number of aliphatic hydroxyl groups is 1. The molecule has 32 heavy (non-hydrogen) atoms. The van der Waals surface area contributed by atoms with Gasteiger partial charge in [-0.1, -0.05) is 5.16 Å². The Hall–Kier alpha value is -3.26. The van der Waals surface area contributed by atoms with E-state index in [0.29, 0.717) is 29.7 Å². The lowest BCUT2D eigenvalue weighted by Crippen LogP contribution is -2.24. The molecule has 1 aliphatic rings. The molecular weight excluding hydrogens is 408 g/mol. The first kappa shape index (κ1) is 22.0. The summed E-state index contributed by atoms with van der Waals surface area (Å²) in [4.78, 5) is 21.0. The number of carbonyl (C=O) groups is 1. The van der Waals surface area contributed by atoms with Crippen molar-refractivity contribution < 1.29 is 19.2 Å². The van der Waals surface area contributed by atoms with E-state index in [1.807, 2.05) is 19.2 Å². The highest BCUT2D eigenvalue weighted by molar-refractivity contribution is 5.93. The Balaban J connectivity index is 1.34. The average Bonchev–Trinajstić information content (AvgIpc) is 3.61. The zero-order valence-corrected chi connectivity index (χ0v) is 18.2. The molecule has 4 rings (SSSR count). The topological polar surface area (TPSA) is 110 Å². The van der Waals surface area contributed by atoms with E-state index in [9.17, 15) is 4.79 Å². The van der Waals surface area contributed by atoms with Crippen molar-refractivity contribution in [2.75, 3.05) is 13.2 Å². The first-order valence-electron chi connectivity index (χ1n) is 11.0. The largest absolute Gasteiger partial charge is 0.473 e. The third-order valence-electron chi connectivity index (χ3n) is 5.52. The molecule has 8 nitrogen and oxygen atoms in total. The van der Waals surface area contributed by atoms with Crippen molar-refractivity contribution in [2.45, 2.75) is 51.6 Å². The second-order valence-corrected chi connectivity index (χ2v) is 8.03. The molecule has 1 fully saturated rings. The van der Waals surface area contributed by atoms with Gasteiger partial charge in [-0.2, -0.15) is 0 Å². The summed E-state index contributed by atoms with van der Waals surface area (Å²) < 4.78 is 11.2. The van der Waals surface area contributed by atoms with Crippen LogP contribution in [0.15, 0.2) is 41.2 Å². The fourth-order valence-corrected chi connectivity index (χ4v) is 3.42. The highest BCUT2D eigenvalue weighted by Gasteiger charge is 2.25. The maximum Gasteiger partial charge on any atom is 0.252 e. The van der Waals surface area contributed by atoms with Gasteiger partial charge in [-0.3, -0.25) is 9.78 Å². The standard InChI is InChI=1S/C24H28N4O4/c1-16-20(23(28-32-16)18-7-9-21(26-13-18)17-5-6-17)15-31-22-10-8-19(14-27-22)24(30)25-11-3-2-4-12-29/h7-10,13-14,17,29H,2-6,11-12,15H2,1H3,(H,25,30). The Morgan fingerprint density at radius 2 is 2.03 bits per heavy atom. The number of ether oxygens (including phenoxy) is 1. The van der Waals surface area contributed by atoms with Crippen molar-refractivity contribution >= 4 is 5.91 Å². The number of aryl methyl sites for hydroxylation is 1. The summed E-state index contributed by atoms with van der Waals surface area (Å²) in [5, 5.41) is 15.8. The van der Waals surface area contributed by atoms with E-state index < -0.39 is 0 Å². The van der Waals surface area contributed by atoms with Gasteiger partial charge in [-0.05, 0) is 57.2 Å². The van der Waals surface area contributed by atoms with E-state index in [4.69, 9.17) is 14.4 Å². The highest BCUT2D eigenvalue weighted by atomic mass is 16.5. The van der Waals surface area contributed by atoms with Crippen LogP contribution in [0.3, 0.4) is 0 Å². The van der Waals surface area contributed by atoms with E-state index >= 15 is 0 Å². The van der Waals surface area contributed by atoms with Gasteiger partial charge >= 0.3 is 0 Å². The molecule has 0 unspecified atom stereocenters. The number of rotatable bonds is 11. The average molecular weight is 437 g/mol. The summed E-state index contributed by atoms with van der Waals surface area (Å²) in [7, 11) is 0. The Morgan fingerprint density at radius 3 is 2.72 bits per heavy atom. The second-order valence-electron chi connectivity index (χ2n) is 8.03. The molecule has 0 bridgehead atoms. The number of pyridine rings is 2. The number of unbranched alkanes of at least 4 members (excludes halogenated alkanes) is 2. The minimum atomic E-state index is -0.174. The smallest absolute Gasteiger partial charge is 0.252 e. The van der Waals surface area contributed by atoms with Crippen molar-refractivity contribution in [3.8, 4) is 17.1 Å². The summed E-state index contributed by atoms with van der Waals surface area (Å²) in [6.07, 6.45) is 8.23. The number of hydrogen-bond donors (Lipinski definition) is 2. The number of hydrogen-bond acceptors (Lipinski definition) is 7. The molecule has 2 N–H and O–H groups in total. The summed E-state index contributed by atoms with van der Waals surface area (Å²) >= 11 is 0. The summed E-state index contributed by atoms with van der Waals surface area (Å²) in [5.74, 6) is 1.53. The Morgan fingerprint density at radius 1 is 1.16 bits per heavy atom. The van der Waals surface area contributed by atoms with Crippen LogP contribution in [0.25, 0.3) is 11.3 Å². The maximum atomic E-state index is 12.2. The number of aromatic nitrogens is 3. The summed E-state index contributed by atoms with van der Waals surface area (Å²) in [6.45, 7) is 2.85. The fraction of sp³-hybridized carbons (Fsp3) is 0.417. The number of carbonyl (C=O) groups excluding carboxylic acids is 1. The fourth-order valence-electron chi connectivity index (χ4n) is 3.42. The minimum Gasteiger partial charge on any atom is -0.473 e. The lowest BCUT2D eigenvalue weighted by Gasteiger charge is -2.08. The molecule has 168 valence electrons. The number of nitrogens with one attached hydrogen (secondary N) is 1. The van der Waals surface area contributed by atoms with E-state index in [2.05, 4.69) is 26.5 Å². The molecule has 0 aliphatic heterocycles. The molecule has 0 aromatic carbocycles. The van der Waals surface area contributed by atoms with Crippen LogP contribution in [0, 0.1) is 6.92 Å². The number of amides is 1. The van der Waals surface area contributed by atoms with Gasteiger partial charge in [0, 0.05) is 48.8 Å². The van der Waals surface area contributed by atoms with Crippen molar-refractivity contribution in [2.24, 2.45) is 0 Å². The third-order valence-corrected chi connectivity index (χ3v) is 5.52. The van der Waals surface area contributed by atoms with Gasteiger partial charge < -0.3 is 19.7 Å². The molecule has 1 saturated carbocycles. The quantitative estimate of drug-likeness (QED) is 0.440. The Kier molecular flexibility index (Phi) is 7.11. The minimum absolute atomic E-state index is 0.174. The first-order chi connectivity index (χ1) is 15.7. The van der Waals surface area contributed by atoms with Gasteiger partial charge in [-0.25, -0.2) is 4.98 Å². The lowest BCUT2D eigenvalue weighted by molar-refractivity contribution is 0.0952. The maximum absolute atomic E-state index is 12.2. The molecule has 0 radical (unpaired) electrons. The van der Waals surface area contributed by atoms with Crippen molar-refractivity contribution in [3.63, 3.8) is 0 Å². The molecule has 3 aromatic rings. The van der Waals surface area contributed by atoms with Gasteiger partial charge in [0.05, 0.1) is 11.1 Å². The Bertz CT molecular complexity index is 1030. The van der Waals surface area contributed by atoms with E-state index in [1.165, 1.54) is 19.0 Å². The predicted octanol–water partition coefficient (Wildman–Crippen LogP) is 3.79. The van der Waals surface area contributed by atoms with Crippen LogP contribution in [-0.2, 0) is 6.61 Å². The van der Waals surface area contributed by atoms with Crippen LogP contribution in [0.5, 0.6) is 5.88 Å². The molecule has 0 atom stereocenters. The van der Waals surface area contributed by atoms with Crippen LogP contribution in [-0.4, -0.2) is 39.3 Å². The molecule has 3 aromatic heterocycles. The zero-order valence-electron chi connectivity index (χ0n) is 18.2. The highest BCUT2D eigenvalue weighted by Crippen LogP contribution is 2.39. The van der Waals surface area contributed by atoms with E-state index in [0.717, 1.165) is 41.8 Å². The normalized spacial score (nSPS) is 13.2. The molecule has 1 aliphatic carbocycles. The summed E-state index contributed by atoms with van der Waals surface area (Å²) in [5.41, 5.74) is 4.06. The molecule has 0 spiro atoms. The van der Waals surface area contributed by atoms with Crippen LogP contribution in [0.2, 0.25) is 0 Å². The lowest BCUT2D eigenvalue weighted by atomic mass is 10.1. The zero-order chi connectivity index (χ0) is 22.3. The van der Waals surface area contributed by atoms with Gasteiger partial charge in [0.15, 0.2) is 0 Å². The molecular formula is C24H28N4O4. The van der Waals surface area contributed by atoms with Crippen molar-refractivity contribution in [1.29, 1.82) is 0 Å². The van der Waals surface area contributed by atoms with Gasteiger partial charge in [0.1, 0.15) is 18.1 Å². The predicted molar refractivity (Wildman–Crippen MR) is 118 cm³/mol. The monoisotopic (exact) mass is 436 g/mol. The number of nitrogens with zero attached hydrogens (tertiary/aromatic N) is 3. The summed E-state index contributed by atoms with van der Waals surface area (Å²) in [6, 6.07) is 7.44. The van der Waals surface area contributed by atoms with Crippen LogP contribution >= 0.6 is 0 Å². The Labute approximate surface area is 187 Å². The van der Waals surface area contributed by atoms with Crippen molar-refractivity contribution in [3.05, 3.63) is 59.2 Å².